The first-order chi connectivity index (χ1) is 9.19. The van der Waals surface area contributed by atoms with E-state index in [4.69, 9.17) is 4.74 Å². The van der Waals surface area contributed by atoms with Crippen molar-refractivity contribution < 1.29 is 13.9 Å². The van der Waals surface area contributed by atoms with E-state index in [1.807, 2.05) is 6.92 Å². The fourth-order valence-corrected chi connectivity index (χ4v) is 2.07. The molecule has 1 rings (SSSR count). The standard InChI is InChI=1S/C16H23FO2/c1-3-4-5-6-7-13(2)16(18)14-8-10-15(11-9-14)19-12-17/h8-11,13H,3-7,12H2,1-2H3. The summed E-state index contributed by atoms with van der Waals surface area (Å²) < 4.78 is 16.7. The van der Waals surface area contributed by atoms with Gasteiger partial charge in [0, 0.05) is 11.5 Å². The number of Topliss-reactive ketones (excluding diaryl/α,β-unsaturated/α-hetero) is 1. The van der Waals surface area contributed by atoms with Crippen LogP contribution in [0.25, 0.3) is 0 Å². The zero-order chi connectivity index (χ0) is 14.1. The summed E-state index contributed by atoms with van der Waals surface area (Å²) in [7, 11) is 0. The van der Waals surface area contributed by atoms with Crippen molar-refractivity contribution in [3.8, 4) is 5.75 Å². The van der Waals surface area contributed by atoms with Gasteiger partial charge in [0.15, 0.2) is 5.78 Å². The molecule has 106 valence electrons. The zero-order valence-corrected chi connectivity index (χ0v) is 11.8. The molecule has 0 fully saturated rings. The number of hydrogen-bond acceptors (Lipinski definition) is 2. The van der Waals surface area contributed by atoms with Crippen molar-refractivity contribution in [2.45, 2.75) is 46.0 Å². The van der Waals surface area contributed by atoms with Gasteiger partial charge in [-0.15, -0.1) is 0 Å². The number of halogens is 1. The smallest absolute Gasteiger partial charge is 0.228 e. The van der Waals surface area contributed by atoms with Crippen LogP contribution in [-0.2, 0) is 0 Å². The molecule has 0 aliphatic rings. The number of rotatable bonds is 9. The molecule has 0 N–H and O–H groups in total. The normalized spacial score (nSPS) is 12.2. The molecule has 0 heterocycles. The molecular formula is C16H23FO2. The van der Waals surface area contributed by atoms with Gasteiger partial charge in [0.25, 0.3) is 0 Å². The van der Waals surface area contributed by atoms with Crippen LogP contribution < -0.4 is 4.74 Å². The van der Waals surface area contributed by atoms with Crippen molar-refractivity contribution in [2.24, 2.45) is 5.92 Å². The van der Waals surface area contributed by atoms with E-state index in [1.54, 1.807) is 24.3 Å². The molecule has 19 heavy (non-hydrogen) atoms. The van der Waals surface area contributed by atoms with Crippen molar-refractivity contribution in [3.05, 3.63) is 29.8 Å². The lowest BCUT2D eigenvalue weighted by Gasteiger charge is -2.10. The average molecular weight is 266 g/mol. The fraction of sp³-hybridized carbons (Fsp3) is 0.562. The number of carbonyl (C=O) groups excluding carboxylic acids is 1. The third kappa shape index (κ3) is 5.41. The van der Waals surface area contributed by atoms with E-state index in [2.05, 4.69) is 6.92 Å². The van der Waals surface area contributed by atoms with E-state index >= 15 is 0 Å². The number of alkyl halides is 1. The van der Waals surface area contributed by atoms with Gasteiger partial charge >= 0.3 is 0 Å². The Morgan fingerprint density at radius 2 is 1.89 bits per heavy atom. The highest BCUT2D eigenvalue weighted by Crippen LogP contribution is 2.18. The van der Waals surface area contributed by atoms with Gasteiger partial charge in [0.1, 0.15) is 5.75 Å². The maximum atomic E-state index is 12.2. The number of unbranched alkanes of at least 4 members (excludes halogenated alkanes) is 3. The van der Waals surface area contributed by atoms with Crippen molar-refractivity contribution in [1.82, 2.24) is 0 Å². The van der Waals surface area contributed by atoms with Crippen LogP contribution in [0.4, 0.5) is 4.39 Å². The van der Waals surface area contributed by atoms with E-state index in [1.165, 1.54) is 19.3 Å². The maximum Gasteiger partial charge on any atom is 0.228 e. The van der Waals surface area contributed by atoms with Crippen LogP contribution in [0.1, 0.15) is 56.3 Å². The summed E-state index contributed by atoms with van der Waals surface area (Å²) in [5.74, 6) is 0.655. The molecule has 0 saturated carbocycles. The van der Waals surface area contributed by atoms with Crippen LogP contribution in [-0.4, -0.2) is 12.6 Å². The number of ketones is 1. The Labute approximate surface area is 115 Å². The van der Waals surface area contributed by atoms with Crippen LogP contribution in [0.3, 0.4) is 0 Å². The Bertz CT molecular complexity index is 373. The predicted molar refractivity (Wildman–Crippen MR) is 75.3 cm³/mol. The first-order valence-corrected chi connectivity index (χ1v) is 7.02. The van der Waals surface area contributed by atoms with Crippen LogP contribution in [0.2, 0.25) is 0 Å². The third-order valence-electron chi connectivity index (χ3n) is 3.30. The van der Waals surface area contributed by atoms with Crippen molar-refractivity contribution in [1.29, 1.82) is 0 Å². The average Bonchev–Trinajstić information content (AvgIpc) is 2.44. The first kappa shape index (κ1) is 15.7. The number of ether oxygens (including phenoxy) is 1. The van der Waals surface area contributed by atoms with Crippen LogP contribution in [0.5, 0.6) is 5.75 Å². The van der Waals surface area contributed by atoms with Gasteiger partial charge in [0.2, 0.25) is 6.86 Å². The molecule has 1 unspecified atom stereocenters. The van der Waals surface area contributed by atoms with E-state index < -0.39 is 6.86 Å². The lowest BCUT2D eigenvalue weighted by Crippen LogP contribution is -2.11. The number of benzene rings is 1. The van der Waals surface area contributed by atoms with E-state index in [-0.39, 0.29) is 11.7 Å². The molecule has 3 heteroatoms. The van der Waals surface area contributed by atoms with Gasteiger partial charge in [-0.2, -0.15) is 0 Å². The van der Waals surface area contributed by atoms with Crippen molar-refractivity contribution in [3.63, 3.8) is 0 Å². The fourth-order valence-electron chi connectivity index (χ4n) is 2.07. The molecule has 0 amide bonds. The molecule has 0 aliphatic heterocycles. The van der Waals surface area contributed by atoms with E-state index in [0.717, 1.165) is 12.8 Å². The lowest BCUT2D eigenvalue weighted by atomic mass is 9.94. The minimum atomic E-state index is -0.846. The summed E-state index contributed by atoms with van der Waals surface area (Å²) in [6.45, 7) is 3.30. The quantitative estimate of drug-likeness (QED) is 0.475. The summed E-state index contributed by atoms with van der Waals surface area (Å²) >= 11 is 0. The molecule has 2 nitrogen and oxygen atoms in total. The molecule has 0 radical (unpaired) electrons. The maximum absolute atomic E-state index is 12.2. The second kappa shape index (κ2) is 8.68. The van der Waals surface area contributed by atoms with Crippen LogP contribution >= 0.6 is 0 Å². The second-order valence-electron chi connectivity index (χ2n) is 4.89. The topological polar surface area (TPSA) is 26.3 Å². The molecule has 0 aliphatic carbocycles. The van der Waals surface area contributed by atoms with Crippen molar-refractivity contribution in [2.75, 3.05) is 6.86 Å². The molecule has 0 saturated heterocycles. The number of hydrogen-bond donors (Lipinski definition) is 0. The molecule has 0 bridgehead atoms. The Balaban J connectivity index is 2.47. The molecule has 1 aromatic carbocycles. The minimum absolute atomic E-state index is 0.0461. The van der Waals surface area contributed by atoms with Crippen LogP contribution in [0, 0.1) is 5.92 Å². The largest absolute Gasteiger partial charge is 0.463 e. The minimum Gasteiger partial charge on any atom is -0.463 e. The lowest BCUT2D eigenvalue weighted by molar-refractivity contribution is 0.0922. The summed E-state index contributed by atoms with van der Waals surface area (Å²) in [6, 6.07) is 6.68. The Hall–Kier alpha value is -1.38. The summed E-state index contributed by atoms with van der Waals surface area (Å²) in [5.41, 5.74) is 0.675. The summed E-state index contributed by atoms with van der Waals surface area (Å²) in [6.07, 6.45) is 5.66. The van der Waals surface area contributed by atoms with Gasteiger partial charge in [-0.3, -0.25) is 4.79 Å². The third-order valence-corrected chi connectivity index (χ3v) is 3.30. The molecule has 1 aromatic rings. The molecule has 0 spiro atoms. The SMILES string of the molecule is CCCCCCC(C)C(=O)c1ccc(OCF)cc1. The highest BCUT2D eigenvalue weighted by Gasteiger charge is 2.14. The Morgan fingerprint density at radius 1 is 1.21 bits per heavy atom. The first-order valence-electron chi connectivity index (χ1n) is 7.02. The zero-order valence-electron chi connectivity index (χ0n) is 11.8. The van der Waals surface area contributed by atoms with Gasteiger partial charge in [-0.05, 0) is 30.7 Å². The van der Waals surface area contributed by atoms with Gasteiger partial charge < -0.3 is 4.74 Å². The second-order valence-corrected chi connectivity index (χ2v) is 4.89. The van der Waals surface area contributed by atoms with E-state index in [9.17, 15) is 9.18 Å². The summed E-state index contributed by atoms with van der Waals surface area (Å²) in [4.78, 5) is 12.2. The van der Waals surface area contributed by atoms with Crippen molar-refractivity contribution >= 4 is 5.78 Å². The predicted octanol–water partition coefficient (Wildman–Crippen LogP) is 4.78. The van der Waals surface area contributed by atoms with E-state index in [0.29, 0.717) is 11.3 Å². The molecular weight excluding hydrogens is 243 g/mol. The van der Waals surface area contributed by atoms with Gasteiger partial charge in [-0.1, -0.05) is 39.5 Å². The highest BCUT2D eigenvalue weighted by molar-refractivity contribution is 5.97. The monoisotopic (exact) mass is 266 g/mol. The van der Waals surface area contributed by atoms with Gasteiger partial charge in [0.05, 0.1) is 0 Å². The molecule has 0 aromatic heterocycles. The molecule has 1 atom stereocenters. The Morgan fingerprint density at radius 3 is 2.47 bits per heavy atom. The van der Waals surface area contributed by atoms with Crippen LogP contribution in [0.15, 0.2) is 24.3 Å². The summed E-state index contributed by atoms with van der Waals surface area (Å²) in [5, 5.41) is 0. The number of carbonyl (C=O) groups is 1. The van der Waals surface area contributed by atoms with Gasteiger partial charge in [-0.25, -0.2) is 4.39 Å². The Kier molecular flexibility index (Phi) is 7.16. The highest BCUT2D eigenvalue weighted by atomic mass is 19.1.